The predicted octanol–water partition coefficient (Wildman–Crippen LogP) is 5.70. The van der Waals surface area contributed by atoms with E-state index in [0.717, 1.165) is 37.0 Å². The number of hydrogen-bond donors (Lipinski definition) is 1. The fourth-order valence-corrected chi connectivity index (χ4v) is 8.10. The van der Waals surface area contributed by atoms with Crippen molar-refractivity contribution in [2.24, 2.45) is 29.6 Å². The molecule has 31 heavy (non-hydrogen) atoms. The normalized spacial score (nSPS) is 38.8. The third kappa shape index (κ3) is 4.55. The minimum atomic E-state index is -0.254. The van der Waals surface area contributed by atoms with Gasteiger partial charge in [0.05, 0.1) is 12.1 Å². The Morgan fingerprint density at radius 1 is 1.03 bits per heavy atom. The summed E-state index contributed by atoms with van der Waals surface area (Å²) >= 11 is 1.53. The maximum atomic E-state index is 12.4. The number of nitrogens with one attached hydrogen (secondary N) is 1. The van der Waals surface area contributed by atoms with Crippen molar-refractivity contribution in [2.75, 3.05) is 5.32 Å². The largest absolute Gasteiger partial charge is 0.462 e. The Morgan fingerprint density at radius 2 is 1.71 bits per heavy atom. The Bertz CT molecular complexity index is 799. The first-order valence-electron chi connectivity index (χ1n) is 12.3. The number of ether oxygens (including phenoxy) is 1. The average molecular weight is 445 g/mol. The van der Waals surface area contributed by atoms with Gasteiger partial charge < -0.3 is 10.1 Å². The summed E-state index contributed by atoms with van der Waals surface area (Å²) in [5.74, 6) is 3.53. The van der Waals surface area contributed by atoms with Crippen LogP contribution in [0.4, 0.5) is 5.13 Å². The second-order valence-corrected chi connectivity index (χ2v) is 12.0. The highest BCUT2D eigenvalue weighted by molar-refractivity contribution is 7.13. The molecule has 5 aliphatic carbocycles. The van der Waals surface area contributed by atoms with Crippen LogP contribution >= 0.6 is 11.3 Å². The summed E-state index contributed by atoms with van der Waals surface area (Å²) in [7, 11) is 0. The zero-order valence-electron chi connectivity index (χ0n) is 18.9. The molecule has 0 unspecified atom stereocenters. The van der Waals surface area contributed by atoms with E-state index in [2.05, 4.69) is 24.5 Å². The molecule has 1 aromatic heterocycles. The number of anilines is 1. The molecular weight excluding hydrogens is 408 g/mol. The fourth-order valence-electron chi connectivity index (χ4n) is 7.25. The molecule has 3 atom stereocenters. The van der Waals surface area contributed by atoms with Crippen molar-refractivity contribution in [2.45, 2.75) is 96.0 Å². The molecule has 1 amide bonds. The maximum Gasteiger partial charge on any atom is 0.306 e. The van der Waals surface area contributed by atoms with Crippen LogP contribution in [0.1, 0.15) is 90.2 Å². The number of thiazole rings is 1. The highest BCUT2D eigenvalue weighted by Gasteiger charge is 2.52. The number of amides is 1. The summed E-state index contributed by atoms with van der Waals surface area (Å²) in [5, 5.41) is 5.78. The molecule has 0 aliphatic heterocycles. The quantitative estimate of drug-likeness (QED) is 0.572. The molecule has 0 saturated heterocycles. The lowest BCUT2D eigenvalue weighted by molar-refractivity contribution is -0.152. The van der Waals surface area contributed by atoms with Gasteiger partial charge in [-0.25, -0.2) is 4.98 Å². The SMILES string of the molecule is C[C@@H]1CC[C@@H](OC(=O)CCC(=O)Nc2nc(C34CC5CC(CC(C5)C3)C4)cs2)C[C@H]1C. The molecule has 1 N–H and O–H groups in total. The number of nitrogens with zero attached hydrogens (tertiary/aromatic N) is 1. The van der Waals surface area contributed by atoms with Crippen LogP contribution in [0.5, 0.6) is 0 Å². The Labute approximate surface area is 189 Å². The Kier molecular flexibility index (Phi) is 5.87. The molecule has 5 aliphatic rings. The van der Waals surface area contributed by atoms with E-state index in [4.69, 9.17) is 9.72 Å². The topological polar surface area (TPSA) is 68.3 Å². The van der Waals surface area contributed by atoms with Crippen LogP contribution in [0.15, 0.2) is 5.38 Å². The number of esters is 1. The van der Waals surface area contributed by atoms with Crippen molar-refractivity contribution in [1.82, 2.24) is 4.98 Å². The first-order chi connectivity index (χ1) is 14.9. The van der Waals surface area contributed by atoms with Crippen molar-refractivity contribution < 1.29 is 14.3 Å². The Balaban J connectivity index is 1.10. The molecule has 5 saturated carbocycles. The Hall–Kier alpha value is -1.43. The molecule has 6 heteroatoms. The van der Waals surface area contributed by atoms with E-state index in [-0.39, 0.29) is 36.2 Å². The van der Waals surface area contributed by atoms with Crippen molar-refractivity contribution in [3.8, 4) is 0 Å². The number of hydrogen-bond acceptors (Lipinski definition) is 5. The minimum absolute atomic E-state index is 0.0172. The van der Waals surface area contributed by atoms with Crippen LogP contribution in [-0.2, 0) is 19.7 Å². The summed E-state index contributed by atoms with van der Waals surface area (Å²) in [5.41, 5.74) is 1.46. The maximum absolute atomic E-state index is 12.4. The molecule has 1 heterocycles. The first-order valence-corrected chi connectivity index (χ1v) is 13.2. The van der Waals surface area contributed by atoms with Crippen LogP contribution in [0.3, 0.4) is 0 Å². The fraction of sp³-hybridized carbons (Fsp3) is 0.800. The highest BCUT2D eigenvalue weighted by Crippen LogP contribution is 2.60. The third-order valence-electron chi connectivity index (χ3n) is 8.74. The van der Waals surface area contributed by atoms with Gasteiger partial charge in [-0.05, 0) is 87.4 Å². The average Bonchev–Trinajstić information content (AvgIpc) is 3.18. The van der Waals surface area contributed by atoms with Crippen LogP contribution < -0.4 is 5.32 Å². The van der Waals surface area contributed by atoms with E-state index < -0.39 is 0 Å². The number of carbonyl (C=O) groups excluding carboxylic acids is 2. The molecule has 5 fully saturated rings. The monoisotopic (exact) mass is 444 g/mol. The van der Waals surface area contributed by atoms with Gasteiger partial charge in [-0.3, -0.25) is 9.59 Å². The van der Waals surface area contributed by atoms with Gasteiger partial charge in [0.1, 0.15) is 6.10 Å². The second-order valence-electron chi connectivity index (χ2n) is 11.2. The zero-order valence-corrected chi connectivity index (χ0v) is 19.7. The molecule has 6 rings (SSSR count). The van der Waals surface area contributed by atoms with Crippen molar-refractivity contribution in [3.05, 3.63) is 11.1 Å². The third-order valence-corrected chi connectivity index (χ3v) is 9.49. The van der Waals surface area contributed by atoms with E-state index in [1.165, 1.54) is 55.6 Å². The van der Waals surface area contributed by atoms with E-state index in [1.54, 1.807) is 0 Å². The van der Waals surface area contributed by atoms with Gasteiger partial charge in [0.15, 0.2) is 5.13 Å². The lowest BCUT2D eigenvalue weighted by atomic mass is 9.49. The van der Waals surface area contributed by atoms with Gasteiger partial charge in [-0.15, -0.1) is 11.3 Å². The lowest BCUT2D eigenvalue weighted by Gasteiger charge is -2.56. The first kappa shape index (κ1) is 21.4. The van der Waals surface area contributed by atoms with E-state index in [9.17, 15) is 9.59 Å². The summed E-state index contributed by atoms with van der Waals surface area (Å²) in [6, 6.07) is 0. The number of carbonyl (C=O) groups is 2. The Morgan fingerprint density at radius 3 is 2.35 bits per heavy atom. The molecule has 5 nitrogen and oxygen atoms in total. The van der Waals surface area contributed by atoms with Crippen molar-refractivity contribution in [1.29, 1.82) is 0 Å². The molecular formula is C25H36N2O3S. The number of rotatable bonds is 6. The molecule has 1 aromatic rings. The van der Waals surface area contributed by atoms with Gasteiger partial charge in [-0.2, -0.15) is 0 Å². The molecule has 170 valence electrons. The van der Waals surface area contributed by atoms with E-state index in [1.807, 2.05) is 0 Å². The zero-order chi connectivity index (χ0) is 21.6. The van der Waals surface area contributed by atoms with E-state index >= 15 is 0 Å². The minimum Gasteiger partial charge on any atom is -0.462 e. The second kappa shape index (κ2) is 8.49. The summed E-state index contributed by atoms with van der Waals surface area (Å²) < 4.78 is 5.62. The summed E-state index contributed by atoms with van der Waals surface area (Å²) in [6.45, 7) is 4.49. The van der Waals surface area contributed by atoms with Crippen LogP contribution in [0.2, 0.25) is 0 Å². The smallest absolute Gasteiger partial charge is 0.306 e. The van der Waals surface area contributed by atoms with Gasteiger partial charge in [0.25, 0.3) is 0 Å². The van der Waals surface area contributed by atoms with Crippen LogP contribution in [0.25, 0.3) is 0 Å². The van der Waals surface area contributed by atoms with E-state index in [0.29, 0.717) is 17.0 Å². The van der Waals surface area contributed by atoms with Crippen molar-refractivity contribution >= 4 is 28.3 Å². The molecule has 4 bridgehead atoms. The standard InChI is InChI=1S/C25H36N2O3S/c1-15-3-4-20(7-16(15)2)30-23(29)6-5-22(28)27-24-26-21(14-31-24)25-11-17-8-18(12-25)10-19(9-17)13-25/h14-20H,3-13H2,1-2H3,(H,26,27,28)/t15-,16-,17?,18?,19?,20-,25?/m1/s1. The summed E-state index contributed by atoms with van der Waals surface area (Å²) in [4.78, 5) is 29.5. The van der Waals surface area contributed by atoms with Gasteiger partial charge in [0.2, 0.25) is 5.91 Å². The van der Waals surface area contributed by atoms with Gasteiger partial charge >= 0.3 is 5.97 Å². The molecule has 0 aromatic carbocycles. The number of aromatic nitrogens is 1. The molecule has 0 radical (unpaired) electrons. The predicted molar refractivity (Wildman–Crippen MR) is 122 cm³/mol. The van der Waals surface area contributed by atoms with Gasteiger partial charge in [-0.1, -0.05) is 13.8 Å². The molecule has 0 spiro atoms. The highest BCUT2D eigenvalue weighted by atomic mass is 32.1. The van der Waals surface area contributed by atoms with Gasteiger partial charge in [0, 0.05) is 17.2 Å². The van der Waals surface area contributed by atoms with Crippen molar-refractivity contribution in [3.63, 3.8) is 0 Å². The van der Waals surface area contributed by atoms with Crippen LogP contribution in [0, 0.1) is 29.6 Å². The lowest BCUT2D eigenvalue weighted by Crippen LogP contribution is -2.48. The summed E-state index contributed by atoms with van der Waals surface area (Å²) in [6.07, 6.45) is 11.4. The van der Waals surface area contributed by atoms with Crippen LogP contribution in [-0.4, -0.2) is 23.0 Å².